The zero-order chi connectivity index (χ0) is 14.0. The van der Waals surface area contributed by atoms with Crippen LogP contribution in [0.2, 0.25) is 0 Å². The number of hydrogen-bond acceptors (Lipinski definition) is 3. The maximum atomic E-state index is 13.7. The van der Waals surface area contributed by atoms with Crippen LogP contribution in [0.25, 0.3) is 0 Å². The number of benzene rings is 2. The van der Waals surface area contributed by atoms with Crippen LogP contribution >= 0.6 is 11.8 Å². The molecule has 6 heteroatoms. The van der Waals surface area contributed by atoms with E-state index in [0.717, 1.165) is 17.8 Å². The van der Waals surface area contributed by atoms with Gasteiger partial charge in [-0.15, -0.1) is 0 Å². The van der Waals surface area contributed by atoms with Crippen LogP contribution in [0.4, 0.5) is 14.5 Å². The smallest absolute Gasteiger partial charge is 0.250 e. The normalized spacial score (nSPS) is 10.4. The summed E-state index contributed by atoms with van der Waals surface area (Å²) >= 11 is 0.990. The van der Waals surface area contributed by atoms with E-state index in [0.29, 0.717) is 4.90 Å². The van der Waals surface area contributed by atoms with E-state index in [9.17, 15) is 13.6 Å². The number of amides is 1. The second kappa shape index (κ2) is 5.27. The zero-order valence-electron chi connectivity index (χ0n) is 9.69. The quantitative estimate of drug-likeness (QED) is 0.849. The van der Waals surface area contributed by atoms with E-state index in [2.05, 4.69) is 0 Å². The summed E-state index contributed by atoms with van der Waals surface area (Å²) in [5.41, 5.74) is 10.7. The van der Waals surface area contributed by atoms with Crippen molar-refractivity contribution in [3.63, 3.8) is 0 Å². The molecule has 98 valence electrons. The molecule has 0 atom stereocenters. The Labute approximate surface area is 112 Å². The van der Waals surface area contributed by atoms with E-state index in [4.69, 9.17) is 11.5 Å². The van der Waals surface area contributed by atoms with E-state index in [1.165, 1.54) is 24.3 Å². The van der Waals surface area contributed by atoms with Crippen LogP contribution < -0.4 is 11.5 Å². The van der Waals surface area contributed by atoms with Gasteiger partial charge in [0.1, 0.15) is 11.6 Å². The van der Waals surface area contributed by atoms with E-state index in [1.807, 2.05) is 0 Å². The molecule has 0 spiro atoms. The van der Waals surface area contributed by atoms with Crippen LogP contribution in [0.5, 0.6) is 0 Å². The minimum absolute atomic E-state index is 0.0198. The van der Waals surface area contributed by atoms with Crippen molar-refractivity contribution in [1.82, 2.24) is 0 Å². The Morgan fingerprint density at radius 2 is 1.89 bits per heavy atom. The molecule has 2 aromatic rings. The number of anilines is 1. The Hall–Kier alpha value is -2.08. The van der Waals surface area contributed by atoms with Gasteiger partial charge in [0, 0.05) is 15.5 Å². The first-order valence-electron chi connectivity index (χ1n) is 5.29. The molecule has 1 amide bonds. The van der Waals surface area contributed by atoms with Crippen LogP contribution in [0, 0.1) is 11.6 Å². The second-order valence-corrected chi connectivity index (χ2v) is 4.91. The van der Waals surface area contributed by atoms with Crippen LogP contribution in [-0.4, -0.2) is 5.91 Å². The monoisotopic (exact) mass is 280 g/mol. The van der Waals surface area contributed by atoms with E-state index < -0.39 is 17.5 Å². The van der Waals surface area contributed by atoms with Gasteiger partial charge >= 0.3 is 0 Å². The first-order valence-corrected chi connectivity index (χ1v) is 6.11. The molecule has 0 unspecified atom stereocenters. The summed E-state index contributed by atoms with van der Waals surface area (Å²) < 4.78 is 26.8. The van der Waals surface area contributed by atoms with Crippen molar-refractivity contribution in [3.05, 3.63) is 53.6 Å². The predicted octanol–water partition coefficient (Wildman–Crippen LogP) is 2.80. The van der Waals surface area contributed by atoms with E-state index >= 15 is 0 Å². The standard InChI is InChI=1S/C13H10F2N2OS/c14-7-2-1-3-8(4-7)19-12-5-9(13(17)18)11(16)6-10(12)15/h1-6H,16H2,(H2,17,18). The van der Waals surface area contributed by atoms with E-state index in [1.54, 1.807) is 6.07 Å². The average molecular weight is 280 g/mol. The van der Waals surface area contributed by atoms with Gasteiger partial charge in [-0.1, -0.05) is 17.8 Å². The van der Waals surface area contributed by atoms with Gasteiger partial charge in [0.25, 0.3) is 5.91 Å². The third kappa shape index (κ3) is 3.03. The van der Waals surface area contributed by atoms with Gasteiger partial charge in [0.05, 0.1) is 5.56 Å². The highest BCUT2D eigenvalue weighted by Crippen LogP contribution is 2.32. The van der Waals surface area contributed by atoms with Crippen molar-refractivity contribution < 1.29 is 13.6 Å². The van der Waals surface area contributed by atoms with Crippen LogP contribution in [0.15, 0.2) is 46.2 Å². The molecular weight excluding hydrogens is 270 g/mol. The van der Waals surface area contributed by atoms with Crippen molar-refractivity contribution >= 4 is 23.4 Å². The second-order valence-electron chi connectivity index (χ2n) is 3.79. The Morgan fingerprint density at radius 3 is 2.53 bits per heavy atom. The summed E-state index contributed by atoms with van der Waals surface area (Å²) in [6.07, 6.45) is 0. The molecule has 0 saturated carbocycles. The molecular formula is C13H10F2N2OS. The number of nitrogens with two attached hydrogens (primary N) is 2. The Balaban J connectivity index is 2.40. The first-order chi connectivity index (χ1) is 8.97. The molecule has 4 N–H and O–H groups in total. The minimum Gasteiger partial charge on any atom is -0.398 e. The minimum atomic E-state index is -0.737. The summed E-state index contributed by atoms with van der Waals surface area (Å²) in [6, 6.07) is 8.00. The Bertz CT molecular complexity index is 647. The Morgan fingerprint density at radius 1 is 1.16 bits per heavy atom. The lowest BCUT2D eigenvalue weighted by Crippen LogP contribution is -2.14. The average Bonchev–Trinajstić information content (AvgIpc) is 2.32. The highest BCUT2D eigenvalue weighted by Gasteiger charge is 2.13. The molecule has 0 aliphatic rings. The summed E-state index contributed by atoms with van der Waals surface area (Å²) in [7, 11) is 0. The van der Waals surface area contributed by atoms with Gasteiger partial charge < -0.3 is 11.5 Å². The lowest BCUT2D eigenvalue weighted by atomic mass is 10.1. The number of nitrogen functional groups attached to an aromatic ring is 1. The Kier molecular flexibility index (Phi) is 3.71. The molecule has 2 rings (SSSR count). The van der Waals surface area contributed by atoms with Gasteiger partial charge in [0.2, 0.25) is 0 Å². The topological polar surface area (TPSA) is 69.1 Å². The fourth-order valence-corrected chi connectivity index (χ4v) is 2.42. The van der Waals surface area contributed by atoms with Crippen molar-refractivity contribution in [3.8, 4) is 0 Å². The number of rotatable bonds is 3. The third-order valence-electron chi connectivity index (χ3n) is 2.39. The summed E-state index contributed by atoms with van der Waals surface area (Å²) in [5.74, 6) is -1.74. The van der Waals surface area contributed by atoms with Gasteiger partial charge in [-0.2, -0.15) is 0 Å². The highest BCUT2D eigenvalue weighted by molar-refractivity contribution is 7.99. The largest absolute Gasteiger partial charge is 0.398 e. The molecule has 0 aliphatic heterocycles. The van der Waals surface area contributed by atoms with Gasteiger partial charge in [-0.05, 0) is 30.3 Å². The number of carbonyl (C=O) groups excluding carboxylic acids is 1. The molecule has 0 fully saturated rings. The van der Waals surface area contributed by atoms with Crippen LogP contribution in [-0.2, 0) is 0 Å². The number of halogens is 2. The van der Waals surface area contributed by atoms with Crippen molar-refractivity contribution in [2.24, 2.45) is 5.73 Å². The maximum absolute atomic E-state index is 13.7. The number of carbonyl (C=O) groups is 1. The molecule has 2 aromatic carbocycles. The molecule has 0 aromatic heterocycles. The molecule has 0 aliphatic carbocycles. The highest BCUT2D eigenvalue weighted by atomic mass is 32.2. The zero-order valence-corrected chi connectivity index (χ0v) is 10.5. The van der Waals surface area contributed by atoms with Crippen molar-refractivity contribution in [1.29, 1.82) is 0 Å². The van der Waals surface area contributed by atoms with Crippen molar-refractivity contribution in [2.75, 3.05) is 5.73 Å². The molecule has 19 heavy (non-hydrogen) atoms. The molecule has 0 heterocycles. The first kappa shape index (κ1) is 13.4. The molecule has 0 radical (unpaired) electrons. The summed E-state index contributed by atoms with van der Waals surface area (Å²) in [4.78, 5) is 11.8. The van der Waals surface area contributed by atoms with Crippen LogP contribution in [0.3, 0.4) is 0 Å². The van der Waals surface area contributed by atoms with Crippen LogP contribution in [0.1, 0.15) is 10.4 Å². The molecule has 0 saturated heterocycles. The van der Waals surface area contributed by atoms with Gasteiger partial charge in [-0.3, -0.25) is 4.79 Å². The third-order valence-corrected chi connectivity index (χ3v) is 3.42. The lowest BCUT2D eigenvalue weighted by molar-refractivity contribution is 0.100. The number of hydrogen-bond donors (Lipinski definition) is 2. The fourth-order valence-electron chi connectivity index (χ4n) is 1.52. The summed E-state index contributed by atoms with van der Waals surface area (Å²) in [5, 5.41) is 0. The molecule has 3 nitrogen and oxygen atoms in total. The SMILES string of the molecule is NC(=O)c1cc(Sc2cccc(F)c2)c(F)cc1N. The van der Waals surface area contributed by atoms with Gasteiger partial charge in [0.15, 0.2) is 0 Å². The van der Waals surface area contributed by atoms with E-state index in [-0.39, 0.29) is 16.1 Å². The predicted molar refractivity (Wildman–Crippen MR) is 69.9 cm³/mol. The van der Waals surface area contributed by atoms with Gasteiger partial charge in [-0.25, -0.2) is 8.78 Å². The fraction of sp³-hybridized carbons (Fsp3) is 0. The maximum Gasteiger partial charge on any atom is 0.250 e. The summed E-state index contributed by atoms with van der Waals surface area (Å²) in [6.45, 7) is 0. The number of primary amides is 1. The molecule has 0 bridgehead atoms. The van der Waals surface area contributed by atoms with Crippen molar-refractivity contribution in [2.45, 2.75) is 9.79 Å². The lowest BCUT2D eigenvalue weighted by Gasteiger charge is -2.07.